The highest BCUT2D eigenvalue weighted by Gasteiger charge is 2.15. The number of rotatable bonds is 6. The summed E-state index contributed by atoms with van der Waals surface area (Å²) in [5.41, 5.74) is 0.0652. The summed E-state index contributed by atoms with van der Waals surface area (Å²) >= 11 is 0. The Labute approximate surface area is 111 Å². The Morgan fingerprint density at radius 2 is 2.00 bits per heavy atom. The maximum atomic E-state index is 11.6. The first-order chi connectivity index (χ1) is 8.47. The van der Waals surface area contributed by atoms with Crippen LogP contribution in [0.25, 0.3) is 0 Å². The molecule has 0 spiro atoms. The third kappa shape index (κ3) is 7.67. The van der Waals surface area contributed by atoms with E-state index in [0.717, 1.165) is 45.5 Å². The first kappa shape index (κ1) is 15.4. The quantitative estimate of drug-likeness (QED) is 0.711. The summed E-state index contributed by atoms with van der Waals surface area (Å²) < 4.78 is 5.77. The summed E-state index contributed by atoms with van der Waals surface area (Å²) in [6, 6.07) is 0. The van der Waals surface area contributed by atoms with Crippen molar-refractivity contribution in [2.75, 3.05) is 26.2 Å². The molecular formula is C14H28N2O2. The van der Waals surface area contributed by atoms with Crippen molar-refractivity contribution in [2.45, 2.75) is 52.6 Å². The van der Waals surface area contributed by atoms with E-state index in [1.807, 2.05) is 0 Å². The second kappa shape index (κ2) is 7.74. The van der Waals surface area contributed by atoms with Crippen LogP contribution in [0.3, 0.4) is 0 Å². The van der Waals surface area contributed by atoms with E-state index >= 15 is 0 Å². The number of carbonyl (C=O) groups is 1. The number of hydrogen-bond donors (Lipinski definition) is 2. The van der Waals surface area contributed by atoms with Crippen molar-refractivity contribution in [2.24, 2.45) is 5.41 Å². The number of carbonyl (C=O) groups excluding carboxylic acids is 1. The lowest BCUT2D eigenvalue weighted by molar-refractivity contribution is -0.122. The predicted octanol–water partition coefficient (Wildman–Crippen LogP) is 1.70. The third-order valence-electron chi connectivity index (χ3n) is 2.97. The van der Waals surface area contributed by atoms with Crippen LogP contribution in [0.5, 0.6) is 0 Å². The lowest BCUT2D eigenvalue weighted by Crippen LogP contribution is -2.33. The second-order valence-corrected chi connectivity index (χ2v) is 6.26. The summed E-state index contributed by atoms with van der Waals surface area (Å²) in [6.45, 7) is 9.83. The molecule has 0 saturated carbocycles. The Hall–Kier alpha value is -0.610. The average molecular weight is 256 g/mol. The molecule has 0 radical (unpaired) electrons. The fraction of sp³-hybridized carbons (Fsp3) is 0.929. The Balaban J connectivity index is 1.96. The van der Waals surface area contributed by atoms with Gasteiger partial charge in [0.1, 0.15) is 0 Å². The molecule has 0 aromatic carbocycles. The van der Waals surface area contributed by atoms with E-state index in [2.05, 4.69) is 31.4 Å². The van der Waals surface area contributed by atoms with E-state index in [-0.39, 0.29) is 11.3 Å². The number of piperidine rings is 1. The van der Waals surface area contributed by atoms with Gasteiger partial charge in [-0.05, 0) is 37.8 Å². The molecule has 2 N–H and O–H groups in total. The first-order valence-electron chi connectivity index (χ1n) is 7.06. The smallest absolute Gasteiger partial charge is 0.220 e. The van der Waals surface area contributed by atoms with Gasteiger partial charge < -0.3 is 15.4 Å². The van der Waals surface area contributed by atoms with Gasteiger partial charge in [0.05, 0.1) is 6.10 Å². The maximum Gasteiger partial charge on any atom is 0.220 e. The van der Waals surface area contributed by atoms with Crippen molar-refractivity contribution < 1.29 is 9.53 Å². The van der Waals surface area contributed by atoms with E-state index < -0.39 is 0 Å². The Kier molecular flexibility index (Phi) is 6.65. The van der Waals surface area contributed by atoms with Crippen molar-refractivity contribution in [1.29, 1.82) is 0 Å². The van der Waals surface area contributed by atoms with Crippen molar-refractivity contribution in [1.82, 2.24) is 10.6 Å². The molecule has 4 nitrogen and oxygen atoms in total. The zero-order valence-electron chi connectivity index (χ0n) is 12.1. The highest BCUT2D eigenvalue weighted by atomic mass is 16.5. The highest BCUT2D eigenvalue weighted by Crippen LogP contribution is 2.17. The fourth-order valence-corrected chi connectivity index (χ4v) is 2.06. The van der Waals surface area contributed by atoms with Gasteiger partial charge in [0, 0.05) is 19.6 Å². The van der Waals surface area contributed by atoms with E-state index in [9.17, 15) is 4.79 Å². The molecule has 1 saturated heterocycles. The van der Waals surface area contributed by atoms with Crippen LogP contribution in [-0.4, -0.2) is 38.3 Å². The van der Waals surface area contributed by atoms with E-state index in [1.54, 1.807) is 0 Å². The predicted molar refractivity (Wildman–Crippen MR) is 73.5 cm³/mol. The van der Waals surface area contributed by atoms with Crippen LogP contribution in [0.15, 0.2) is 0 Å². The van der Waals surface area contributed by atoms with Gasteiger partial charge in [-0.2, -0.15) is 0 Å². The van der Waals surface area contributed by atoms with Crippen LogP contribution in [0.4, 0.5) is 0 Å². The molecule has 1 heterocycles. The largest absolute Gasteiger partial charge is 0.378 e. The molecule has 1 amide bonds. The van der Waals surface area contributed by atoms with Gasteiger partial charge in [-0.15, -0.1) is 0 Å². The molecule has 1 rings (SSSR count). The van der Waals surface area contributed by atoms with Gasteiger partial charge in [-0.25, -0.2) is 0 Å². The van der Waals surface area contributed by atoms with Crippen LogP contribution in [0.1, 0.15) is 46.5 Å². The Morgan fingerprint density at radius 1 is 1.33 bits per heavy atom. The van der Waals surface area contributed by atoms with E-state index in [4.69, 9.17) is 4.74 Å². The van der Waals surface area contributed by atoms with Crippen LogP contribution < -0.4 is 10.6 Å². The van der Waals surface area contributed by atoms with E-state index in [1.165, 1.54) is 0 Å². The van der Waals surface area contributed by atoms with Gasteiger partial charge in [-0.3, -0.25) is 4.79 Å². The minimum Gasteiger partial charge on any atom is -0.378 e. The van der Waals surface area contributed by atoms with Crippen molar-refractivity contribution in [3.63, 3.8) is 0 Å². The topological polar surface area (TPSA) is 50.4 Å². The standard InChI is InChI=1S/C14H28N2O2/c1-14(2,3)11-13(17)16-7-4-10-18-12-5-8-15-9-6-12/h12,15H,4-11H2,1-3H3,(H,16,17). The molecule has 0 aromatic heterocycles. The second-order valence-electron chi connectivity index (χ2n) is 6.26. The SMILES string of the molecule is CC(C)(C)CC(=O)NCCCOC1CCNCC1. The van der Waals surface area contributed by atoms with Gasteiger partial charge in [0.2, 0.25) is 5.91 Å². The maximum absolute atomic E-state index is 11.6. The van der Waals surface area contributed by atoms with Gasteiger partial charge in [0.25, 0.3) is 0 Å². The average Bonchev–Trinajstić information content (AvgIpc) is 2.27. The minimum absolute atomic E-state index is 0.0652. The summed E-state index contributed by atoms with van der Waals surface area (Å²) in [4.78, 5) is 11.6. The number of ether oxygens (including phenoxy) is 1. The van der Waals surface area contributed by atoms with Crippen LogP contribution in [0.2, 0.25) is 0 Å². The number of hydrogen-bond acceptors (Lipinski definition) is 3. The lowest BCUT2D eigenvalue weighted by Gasteiger charge is -2.23. The van der Waals surface area contributed by atoms with Crippen molar-refractivity contribution in [3.8, 4) is 0 Å². The molecule has 1 aliphatic heterocycles. The molecular weight excluding hydrogens is 228 g/mol. The Morgan fingerprint density at radius 3 is 2.61 bits per heavy atom. The van der Waals surface area contributed by atoms with Gasteiger partial charge >= 0.3 is 0 Å². The molecule has 0 bridgehead atoms. The molecule has 0 unspecified atom stereocenters. The molecule has 0 atom stereocenters. The number of nitrogens with one attached hydrogen (secondary N) is 2. The third-order valence-corrected chi connectivity index (χ3v) is 2.97. The van der Waals surface area contributed by atoms with Gasteiger partial charge in [0.15, 0.2) is 0 Å². The summed E-state index contributed by atoms with van der Waals surface area (Å²) in [5, 5.41) is 6.26. The fourth-order valence-electron chi connectivity index (χ4n) is 2.06. The summed E-state index contributed by atoms with van der Waals surface area (Å²) in [5.74, 6) is 0.143. The van der Waals surface area contributed by atoms with Crippen LogP contribution in [0, 0.1) is 5.41 Å². The highest BCUT2D eigenvalue weighted by molar-refractivity contribution is 5.76. The van der Waals surface area contributed by atoms with Crippen LogP contribution in [-0.2, 0) is 9.53 Å². The lowest BCUT2D eigenvalue weighted by atomic mass is 9.92. The zero-order chi connectivity index (χ0) is 13.4. The molecule has 1 fully saturated rings. The van der Waals surface area contributed by atoms with Crippen LogP contribution >= 0.6 is 0 Å². The molecule has 4 heteroatoms. The Bertz CT molecular complexity index is 243. The van der Waals surface area contributed by atoms with Gasteiger partial charge in [-0.1, -0.05) is 20.8 Å². The molecule has 1 aliphatic rings. The van der Waals surface area contributed by atoms with E-state index in [0.29, 0.717) is 12.5 Å². The normalized spacial score (nSPS) is 17.7. The monoisotopic (exact) mass is 256 g/mol. The molecule has 0 aliphatic carbocycles. The zero-order valence-corrected chi connectivity index (χ0v) is 12.1. The first-order valence-corrected chi connectivity index (χ1v) is 7.06. The van der Waals surface area contributed by atoms with Crippen molar-refractivity contribution in [3.05, 3.63) is 0 Å². The molecule has 0 aromatic rings. The summed E-state index contributed by atoms with van der Waals surface area (Å²) in [6.07, 6.45) is 4.12. The van der Waals surface area contributed by atoms with Crippen molar-refractivity contribution >= 4 is 5.91 Å². The molecule has 18 heavy (non-hydrogen) atoms. The molecule has 106 valence electrons. The number of amides is 1. The minimum atomic E-state index is 0.0652. The summed E-state index contributed by atoms with van der Waals surface area (Å²) in [7, 11) is 0.